The average molecular weight is 167 g/mol. The first-order valence-electron chi connectivity index (χ1n) is 4.35. The van der Waals surface area contributed by atoms with Crippen LogP contribution in [-0.2, 0) is 6.54 Å². The molecule has 3 nitrogen and oxygen atoms in total. The van der Waals surface area contributed by atoms with Crippen molar-refractivity contribution in [1.82, 2.24) is 15.3 Å². The molecule has 0 saturated heterocycles. The first-order chi connectivity index (χ1) is 5.59. The van der Waals surface area contributed by atoms with E-state index in [9.17, 15) is 0 Å². The number of nitrogens with one attached hydrogen (secondary N) is 2. The zero-order chi connectivity index (χ0) is 9.14. The maximum Gasteiger partial charge on any atom is 0.120 e. The minimum atomic E-state index is 0.510. The monoisotopic (exact) mass is 167 g/mol. The quantitative estimate of drug-likeness (QED) is 0.716. The molecule has 2 N–H and O–H groups in total. The number of aromatic nitrogens is 2. The van der Waals surface area contributed by atoms with Crippen molar-refractivity contribution in [3.8, 4) is 0 Å². The molecule has 0 unspecified atom stereocenters. The summed E-state index contributed by atoms with van der Waals surface area (Å²) < 4.78 is 0. The molecular formula is C9H17N3. The van der Waals surface area contributed by atoms with Gasteiger partial charge in [0, 0.05) is 11.7 Å². The van der Waals surface area contributed by atoms with Gasteiger partial charge in [-0.25, -0.2) is 4.98 Å². The minimum absolute atomic E-state index is 0.510. The van der Waals surface area contributed by atoms with Gasteiger partial charge in [-0.2, -0.15) is 0 Å². The van der Waals surface area contributed by atoms with E-state index in [4.69, 9.17) is 0 Å². The van der Waals surface area contributed by atoms with Gasteiger partial charge in [0.1, 0.15) is 5.82 Å². The lowest BCUT2D eigenvalue weighted by Gasteiger charge is -2.04. The van der Waals surface area contributed by atoms with Crippen molar-refractivity contribution < 1.29 is 0 Å². The SMILES string of the molecule is Cc1nc(CNC(C)C)[nH]c1C. The summed E-state index contributed by atoms with van der Waals surface area (Å²) >= 11 is 0. The van der Waals surface area contributed by atoms with Crippen LogP contribution in [0.3, 0.4) is 0 Å². The van der Waals surface area contributed by atoms with Crippen molar-refractivity contribution >= 4 is 0 Å². The van der Waals surface area contributed by atoms with Crippen LogP contribution in [0.1, 0.15) is 31.1 Å². The molecule has 0 spiro atoms. The summed E-state index contributed by atoms with van der Waals surface area (Å²) in [5.74, 6) is 1.03. The molecule has 0 atom stereocenters. The van der Waals surface area contributed by atoms with Crippen LogP contribution in [0.4, 0.5) is 0 Å². The summed E-state index contributed by atoms with van der Waals surface area (Å²) in [4.78, 5) is 7.59. The Morgan fingerprint density at radius 3 is 2.50 bits per heavy atom. The fourth-order valence-corrected chi connectivity index (χ4v) is 1.01. The third kappa shape index (κ3) is 2.34. The number of H-pyrrole nitrogens is 1. The number of rotatable bonds is 3. The smallest absolute Gasteiger partial charge is 0.120 e. The van der Waals surface area contributed by atoms with Crippen molar-refractivity contribution in [2.45, 2.75) is 40.3 Å². The summed E-state index contributed by atoms with van der Waals surface area (Å²) in [6, 6.07) is 0.510. The van der Waals surface area contributed by atoms with Crippen LogP contribution < -0.4 is 5.32 Å². The average Bonchev–Trinajstić information content (AvgIpc) is 2.28. The maximum absolute atomic E-state index is 4.36. The molecule has 12 heavy (non-hydrogen) atoms. The molecule has 1 aromatic rings. The molecule has 0 amide bonds. The van der Waals surface area contributed by atoms with E-state index in [2.05, 4.69) is 29.1 Å². The zero-order valence-corrected chi connectivity index (χ0v) is 8.23. The summed E-state index contributed by atoms with van der Waals surface area (Å²) in [5, 5.41) is 3.31. The normalized spacial score (nSPS) is 11.1. The van der Waals surface area contributed by atoms with Crippen LogP contribution in [0, 0.1) is 13.8 Å². The number of nitrogens with zero attached hydrogens (tertiary/aromatic N) is 1. The molecule has 0 aliphatic rings. The Kier molecular flexibility index (Phi) is 2.87. The molecule has 0 radical (unpaired) electrons. The first-order valence-corrected chi connectivity index (χ1v) is 4.35. The zero-order valence-electron chi connectivity index (χ0n) is 8.23. The van der Waals surface area contributed by atoms with Gasteiger partial charge < -0.3 is 10.3 Å². The Hall–Kier alpha value is -0.830. The summed E-state index contributed by atoms with van der Waals surface area (Å²) in [5.41, 5.74) is 2.26. The Morgan fingerprint density at radius 1 is 1.42 bits per heavy atom. The van der Waals surface area contributed by atoms with E-state index < -0.39 is 0 Å². The molecule has 1 rings (SSSR count). The summed E-state index contributed by atoms with van der Waals surface area (Å²) in [7, 11) is 0. The van der Waals surface area contributed by atoms with E-state index in [1.54, 1.807) is 0 Å². The van der Waals surface area contributed by atoms with Gasteiger partial charge in [-0.05, 0) is 13.8 Å². The largest absolute Gasteiger partial charge is 0.345 e. The molecule has 0 aliphatic heterocycles. The van der Waals surface area contributed by atoms with Crippen LogP contribution in [-0.4, -0.2) is 16.0 Å². The molecule has 0 aromatic carbocycles. The molecule has 1 aromatic heterocycles. The Balaban J connectivity index is 2.53. The maximum atomic E-state index is 4.36. The number of hydrogen-bond acceptors (Lipinski definition) is 2. The molecule has 3 heteroatoms. The van der Waals surface area contributed by atoms with Crippen molar-refractivity contribution in [3.05, 3.63) is 17.2 Å². The summed E-state index contributed by atoms with van der Waals surface area (Å²) in [6.07, 6.45) is 0. The second-order valence-corrected chi connectivity index (χ2v) is 3.43. The lowest BCUT2D eigenvalue weighted by molar-refractivity contribution is 0.575. The van der Waals surface area contributed by atoms with Gasteiger partial charge in [0.2, 0.25) is 0 Å². The van der Waals surface area contributed by atoms with Crippen LogP contribution >= 0.6 is 0 Å². The molecule has 0 bridgehead atoms. The number of aryl methyl sites for hydroxylation is 2. The van der Waals surface area contributed by atoms with Gasteiger partial charge in [0.25, 0.3) is 0 Å². The molecule has 0 aliphatic carbocycles. The summed E-state index contributed by atoms with van der Waals surface area (Å²) in [6.45, 7) is 9.14. The third-order valence-corrected chi connectivity index (χ3v) is 1.85. The lowest BCUT2D eigenvalue weighted by Crippen LogP contribution is -2.22. The van der Waals surface area contributed by atoms with Gasteiger partial charge in [0.05, 0.1) is 12.2 Å². The second-order valence-electron chi connectivity index (χ2n) is 3.43. The van der Waals surface area contributed by atoms with Gasteiger partial charge >= 0.3 is 0 Å². The van der Waals surface area contributed by atoms with Gasteiger partial charge in [0.15, 0.2) is 0 Å². The first kappa shape index (κ1) is 9.26. The lowest BCUT2D eigenvalue weighted by atomic mass is 10.4. The van der Waals surface area contributed by atoms with Gasteiger partial charge in [-0.15, -0.1) is 0 Å². The Labute approximate surface area is 73.6 Å². The molecule has 68 valence electrons. The molecular weight excluding hydrogens is 150 g/mol. The highest BCUT2D eigenvalue weighted by Crippen LogP contribution is 2.02. The van der Waals surface area contributed by atoms with Gasteiger partial charge in [-0.1, -0.05) is 13.8 Å². The van der Waals surface area contributed by atoms with Crippen molar-refractivity contribution in [2.75, 3.05) is 0 Å². The number of hydrogen-bond donors (Lipinski definition) is 2. The van der Waals surface area contributed by atoms with E-state index in [-0.39, 0.29) is 0 Å². The molecule has 0 saturated carbocycles. The van der Waals surface area contributed by atoms with Crippen LogP contribution in [0.25, 0.3) is 0 Å². The highest BCUT2D eigenvalue weighted by Gasteiger charge is 2.01. The second kappa shape index (κ2) is 3.72. The third-order valence-electron chi connectivity index (χ3n) is 1.85. The van der Waals surface area contributed by atoms with Crippen molar-refractivity contribution in [1.29, 1.82) is 0 Å². The fraction of sp³-hybridized carbons (Fsp3) is 0.667. The molecule has 1 heterocycles. The topological polar surface area (TPSA) is 40.7 Å². The highest BCUT2D eigenvalue weighted by atomic mass is 15.0. The Bertz CT molecular complexity index is 231. The van der Waals surface area contributed by atoms with Crippen LogP contribution in [0.5, 0.6) is 0 Å². The predicted molar refractivity (Wildman–Crippen MR) is 50.0 cm³/mol. The Morgan fingerprint density at radius 2 is 2.08 bits per heavy atom. The van der Waals surface area contributed by atoms with E-state index in [0.29, 0.717) is 6.04 Å². The number of aromatic amines is 1. The number of imidazole rings is 1. The van der Waals surface area contributed by atoms with Crippen LogP contribution in [0.15, 0.2) is 0 Å². The standard InChI is InChI=1S/C9H17N3/c1-6(2)10-5-9-11-7(3)8(4)12-9/h6,10H,5H2,1-4H3,(H,11,12). The highest BCUT2D eigenvalue weighted by molar-refractivity contribution is 5.10. The van der Waals surface area contributed by atoms with E-state index in [1.165, 1.54) is 0 Å². The van der Waals surface area contributed by atoms with E-state index >= 15 is 0 Å². The van der Waals surface area contributed by atoms with Gasteiger partial charge in [-0.3, -0.25) is 0 Å². The molecule has 0 fully saturated rings. The van der Waals surface area contributed by atoms with Crippen molar-refractivity contribution in [3.63, 3.8) is 0 Å². The fourth-order valence-electron chi connectivity index (χ4n) is 1.01. The van der Waals surface area contributed by atoms with E-state index in [1.807, 2.05) is 13.8 Å². The van der Waals surface area contributed by atoms with Crippen LogP contribution in [0.2, 0.25) is 0 Å². The van der Waals surface area contributed by atoms with E-state index in [0.717, 1.165) is 23.8 Å². The minimum Gasteiger partial charge on any atom is -0.345 e. The van der Waals surface area contributed by atoms with Crippen molar-refractivity contribution in [2.24, 2.45) is 0 Å². The predicted octanol–water partition coefficient (Wildman–Crippen LogP) is 1.52.